The van der Waals surface area contributed by atoms with E-state index in [0.717, 1.165) is 71.8 Å². The van der Waals surface area contributed by atoms with Gasteiger partial charge in [0.05, 0.1) is 30.4 Å². The quantitative estimate of drug-likeness (QED) is 0.231. The first-order valence-electron chi connectivity index (χ1n) is 13.1. The van der Waals surface area contributed by atoms with Gasteiger partial charge in [-0.25, -0.2) is 0 Å². The third kappa shape index (κ3) is 7.47. The lowest BCUT2D eigenvalue weighted by atomic mass is 9.79. The first kappa shape index (κ1) is 27.9. The summed E-state index contributed by atoms with van der Waals surface area (Å²) in [6.45, 7) is 2.65. The molecule has 4 rings (SSSR count). The molecule has 2 N–H and O–H groups in total. The normalized spacial score (nSPS) is 18.7. The molecule has 3 aromatic rings. The Kier molecular flexibility index (Phi) is 9.99. The van der Waals surface area contributed by atoms with Crippen LogP contribution in [-0.4, -0.2) is 58.6 Å². The smallest absolute Gasteiger partial charge is 0.303 e. The lowest BCUT2D eigenvalue weighted by molar-refractivity contribution is -0.139. The second-order valence-electron chi connectivity index (χ2n) is 9.93. The Hall–Kier alpha value is -3.12. The topological polar surface area (TPSA) is 107 Å². The fourth-order valence-corrected chi connectivity index (χ4v) is 6.31. The van der Waals surface area contributed by atoms with Crippen molar-refractivity contribution in [1.82, 2.24) is 9.88 Å². The van der Waals surface area contributed by atoms with E-state index in [2.05, 4.69) is 16.0 Å². The summed E-state index contributed by atoms with van der Waals surface area (Å²) in [4.78, 5) is 19.5. The number of likely N-dealkylation sites (tertiary alicyclic amines) is 1. The van der Waals surface area contributed by atoms with Crippen LogP contribution in [0.15, 0.2) is 59.6 Å². The highest BCUT2D eigenvalue weighted by Gasteiger charge is 2.31. The number of aliphatic hydroxyl groups is 1. The average Bonchev–Trinajstić information content (AvgIpc) is 2.93. The van der Waals surface area contributed by atoms with Gasteiger partial charge in [0.25, 0.3) is 0 Å². The number of hydrogen-bond acceptors (Lipinski definition) is 7. The number of aliphatic hydroxyl groups excluding tert-OH is 1. The summed E-state index contributed by atoms with van der Waals surface area (Å²) in [7, 11) is 1.62. The minimum atomic E-state index is -0.762. The molecule has 7 nitrogen and oxygen atoms in total. The Labute approximate surface area is 228 Å². The van der Waals surface area contributed by atoms with Crippen LogP contribution in [-0.2, 0) is 4.79 Å². The molecule has 0 saturated carbocycles. The molecule has 0 unspecified atom stereocenters. The molecule has 0 bridgehead atoms. The summed E-state index contributed by atoms with van der Waals surface area (Å²) in [5, 5.41) is 30.6. The number of rotatable bonds is 12. The first-order chi connectivity index (χ1) is 18.5. The van der Waals surface area contributed by atoms with Gasteiger partial charge in [0.15, 0.2) is 0 Å². The molecule has 1 aliphatic heterocycles. The van der Waals surface area contributed by atoms with E-state index in [1.54, 1.807) is 25.1 Å². The molecule has 0 aliphatic carbocycles. The molecule has 200 valence electrons. The van der Waals surface area contributed by atoms with Gasteiger partial charge in [-0.3, -0.25) is 9.78 Å². The predicted octanol–water partition coefficient (Wildman–Crippen LogP) is 5.52. The van der Waals surface area contributed by atoms with E-state index >= 15 is 0 Å². The van der Waals surface area contributed by atoms with Gasteiger partial charge < -0.3 is 19.8 Å². The number of carboxylic acid groups (broad SMARTS) is 1. The van der Waals surface area contributed by atoms with Crippen LogP contribution in [0.3, 0.4) is 0 Å². The molecule has 1 aliphatic rings. The van der Waals surface area contributed by atoms with Crippen molar-refractivity contribution in [2.24, 2.45) is 11.8 Å². The number of fused-ring (bicyclic) bond motifs is 1. The van der Waals surface area contributed by atoms with Crippen molar-refractivity contribution >= 4 is 28.6 Å². The largest absolute Gasteiger partial charge is 0.497 e. The van der Waals surface area contributed by atoms with Gasteiger partial charge in [0.1, 0.15) is 5.75 Å². The molecule has 0 radical (unpaired) electrons. The molecule has 8 heteroatoms. The molecule has 38 heavy (non-hydrogen) atoms. The number of hydrogen-bond donors (Lipinski definition) is 2. The third-order valence-electron chi connectivity index (χ3n) is 7.42. The lowest BCUT2D eigenvalue weighted by Gasteiger charge is -2.38. The van der Waals surface area contributed by atoms with E-state index in [4.69, 9.17) is 10.00 Å². The Morgan fingerprint density at radius 3 is 2.92 bits per heavy atom. The van der Waals surface area contributed by atoms with Gasteiger partial charge in [0, 0.05) is 29.4 Å². The van der Waals surface area contributed by atoms with Crippen LogP contribution in [0.25, 0.3) is 10.9 Å². The standard InChI is InChI=1S/C30H35N3O4S/c1-37-24-7-8-28-27(18-24)26(10-12-32-28)29(34)9-6-22-11-14-33(20-23(22)17-30(35)36)13-3-15-38-25-5-2-4-21(16-25)19-31/h2,4-5,7-8,10,12,16,18,22-23,29,34H,3,6,9,11,13-15,17,20H2,1H3,(H,35,36)/t22-,23+,29-/m1/s1. The molecule has 2 heterocycles. The van der Waals surface area contributed by atoms with Gasteiger partial charge in [-0.2, -0.15) is 5.26 Å². The van der Waals surface area contributed by atoms with Crippen molar-refractivity contribution in [1.29, 1.82) is 5.26 Å². The second-order valence-corrected chi connectivity index (χ2v) is 11.1. The fraction of sp³-hybridized carbons (Fsp3) is 0.433. The molecule has 3 atom stereocenters. The van der Waals surface area contributed by atoms with Crippen molar-refractivity contribution in [2.75, 3.05) is 32.5 Å². The van der Waals surface area contributed by atoms with E-state index in [1.165, 1.54) is 0 Å². The highest BCUT2D eigenvalue weighted by Crippen LogP contribution is 2.35. The van der Waals surface area contributed by atoms with Crippen molar-refractivity contribution in [3.63, 3.8) is 0 Å². The third-order valence-corrected chi connectivity index (χ3v) is 8.50. The summed E-state index contributed by atoms with van der Waals surface area (Å²) in [5.41, 5.74) is 2.32. The van der Waals surface area contributed by atoms with Crippen molar-refractivity contribution in [3.8, 4) is 11.8 Å². The number of pyridine rings is 1. The maximum absolute atomic E-state index is 11.6. The van der Waals surface area contributed by atoms with Crippen LogP contribution in [0.1, 0.15) is 49.3 Å². The number of piperidine rings is 1. The van der Waals surface area contributed by atoms with Gasteiger partial charge in [-0.1, -0.05) is 6.07 Å². The monoisotopic (exact) mass is 533 g/mol. The molecular weight excluding hydrogens is 498 g/mol. The summed E-state index contributed by atoms with van der Waals surface area (Å²) < 4.78 is 5.36. The number of aliphatic carboxylic acids is 1. The molecule has 1 saturated heterocycles. The molecule has 0 amide bonds. The van der Waals surface area contributed by atoms with Crippen LogP contribution in [0.2, 0.25) is 0 Å². The Bertz CT molecular complexity index is 1280. The van der Waals surface area contributed by atoms with Crippen molar-refractivity contribution < 1.29 is 19.7 Å². The highest BCUT2D eigenvalue weighted by atomic mass is 32.2. The predicted molar refractivity (Wildman–Crippen MR) is 149 cm³/mol. The van der Waals surface area contributed by atoms with E-state index in [0.29, 0.717) is 12.0 Å². The van der Waals surface area contributed by atoms with Crippen molar-refractivity contribution in [2.45, 2.75) is 43.1 Å². The zero-order valence-electron chi connectivity index (χ0n) is 21.8. The van der Waals surface area contributed by atoms with Crippen LogP contribution in [0, 0.1) is 23.2 Å². The van der Waals surface area contributed by atoms with Crippen LogP contribution >= 0.6 is 11.8 Å². The lowest BCUT2D eigenvalue weighted by Crippen LogP contribution is -2.42. The molecule has 1 fully saturated rings. The van der Waals surface area contributed by atoms with Crippen LogP contribution < -0.4 is 4.74 Å². The fourth-order valence-electron chi connectivity index (χ4n) is 5.42. The summed E-state index contributed by atoms with van der Waals surface area (Å²) >= 11 is 1.75. The van der Waals surface area contributed by atoms with Gasteiger partial charge in [-0.15, -0.1) is 11.8 Å². The van der Waals surface area contributed by atoms with Gasteiger partial charge >= 0.3 is 5.97 Å². The van der Waals surface area contributed by atoms with E-state index in [9.17, 15) is 15.0 Å². The summed E-state index contributed by atoms with van der Waals surface area (Å²) in [6.07, 6.45) is 4.53. The Morgan fingerprint density at radius 2 is 2.13 bits per heavy atom. The van der Waals surface area contributed by atoms with Crippen LogP contribution in [0.4, 0.5) is 0 Å². The number of carbonyl (C=O) groups is 1. The number of carboxylic acids is 1. The number of methoxy groups -OCH3 is 1. The molecular formula is C30H35N3O4S. The minimum absolute atomic E-state index is 0.0719. The van der Waals surface area contributed by atoms with Gasteiger partial charge in [-0.05, 0) is 104 Å². The van der Waals surface area contributed by atoms with E-state index in [-0.39, 0.29) is 18.3 Å². The average molecular weight is 534 g/mol. The number of nitriles is 1. The number of nitrogens with zero attached hydrogens (tertiary/aromatic N) is 3. The summed E-state index contributed by atoms with van der Waals surface area (Å²) in [5.74, 6) is 1.25. The van der Waals surface area contributed by atoms with E-state index in [1.807, 2.05) is 48.5 Å². The Morgan fingerprint density at radius 1 is 1.26 bits per heavy atom. The zero-order chi connectivity index (χ0) is 26.9. The molecule has 0 spiro atoms. The number of benzene rings is 2. The number of aromatic nitrogens is 1. The SMILES string of the molecule is COc1ccc2nccc([C@H](O)CC[C@@H]3CCN(CCCSc4cccc(C#N)c4)C[C@@H]3CC(=O)O)c2c1. The van der Waals surface area contributed by atoms with Crippen LogP contribution in [0.5, 0.6) is 5.75 Å². The highest BCUT2D eigenvalue weighted by molar-refractivity contribution is 7.99. The first-order valence-corrected chi connectivity index (χ1v) is 14.1. The van der Waals surface area contributed by atoms with Gasteiger partial charge in [0.2, 0.25) is 0 Å². The molecule has 2 aromatic carbocycles. The maximum atomic E-state index is 11.6. The number of ether oxygens (including phenoxy) is 1. The number of thioether (sulfide) groups is 1. The van der Waals surface area contributed by atoms with Crippen molar-refractivity contribution in [3.05, 3.63) is 65.9 Å². The molecule has 1 aromatic heterocycles. The minimum Gasteiger partial charge on any atom is -0.497 e. The second kappa shape index (κ2) is 13.6. The Balaban J connectivity index is 1.30. The maximum Gasteiger partial charge on any atom is 0.303 e. The van der Waals surface area contributed by atoms with E-state index < -0.39 is 12.1 Å². The summed E-state index contributed by atoms with van der Waals surface area (Å²) in [6, 6.07) is 17.4. The zero-order valence-corrected chi connectivity index (χ0v) is 22.6.